The molecule has 1 aromatic carbocycles. The van der Waals surface area contributed by atoms with E-state index in [1.54, 1.807) is 4.90 Å². The van der Waals surface area contributed by atoms with Gasteiger partial charge in [-0.2, -0.15) is 0 Å². The molecule has 2 atom stereocenters. The zero-order valence-corrected chi connectivity index (χ0v) is 11.4. The van der Waals surface area contributed by atoms with E-state index in [2.05, 4.69) is 18.3 Å². The molecule has 1 saturated heterocycles. The number of hydrogen-bond donors (Lipinski definition) is 1. The number of nitrogens with zero attached hydrogens (tertiary/aromatic N) is 1. The fraction of sp³-hybridized carbons (Fsp3) is 0.533. The van der Waals surface area contributed by atoms with Gasteiger partial charge in [0.1, 0.15) is 0 Å². The number of nitrogens with one attached hydrogen (secondary N) is 1. The van der Waals surface area contributed by atoms with Crippen molar-refractivity contribution < 1.29 is 4.79 Å². The molecule has 2 rings (SSSR count). The summed E-state index contributed by atoms with van der Waals surface area (Å²) in [7, 11) is 1.87. The summed E-state index contributed by atoms with van der Waals surface area (Å²) in [5.74, 6) is 0.914. The minimum Gasteiger partial charge on any atom is -0.316 e. The first-order valence-electron chi connectivity index (χ1n) is 6.63. The van der Waals surface area contributed by atoms with Crippen molar-refractivity contribution >= 4 is 11.6 Å². The lowest BCUT2D eigenvalue weighted by molar-refractivity contribution is -0.123. The first kappa shape index (κ1) is 13.1. The molecule has 0 aromatic heterocycles. The van der Waals surface area contributed by atoms with Crippen molar-refractivity contribution in [3.8, 4) is 0 Å². The van der Waals surface area contributed by atoms with Gasteiger partial charge in [0, 0.05) is 19.3 Å². The van der Waals surface area contributed by atoms with Crippen LogP contribution in [0.4, 0.5) is 5.69 Å². The Kier molecular flexibility index (Phi) is 4.02. The van der Waals surface area contributed by atoms with Crippen LogP contribution in [0.3, 0.4) is 0 Å². The van der Waals surface area contributed by atoms with Crippen LogP contribution in [0.25, 0.3) is 0 Å². The van der Waals surface area contributed by atoms with Crippen molar-refractivity contribution in [2.24, 2.45) is 11.8 Å². The van der Waals surface area contributed by atoms with Crippen molar-refractivity contribution in [3.63, 3.8) is 0 Å². The molecule has 1 aliphatic rings. The molecule has 1 amide bonds. The average Bonchev–Trinajstić information content (AvgIpc) is 2.37. The van der Waals surface area contributed by atoms with Crippen molar-refractivity contribution in [1.82, 2.24) is 5.32 Å². The van der Waals surface area contributed by atoms with E-state index in [0.29, 0.717) is 5.92 Å². The van der Waals surface area contributed by atoms with E-state index in [1.807, 2.05) is 32.2 Å². The maximum atomic E-state index is 12.4. The topological polar surface area (TPSA) is 32.3 Å². The Balaban J connectivity index is 2.08. The van der Waals surface area contributed by atoms with Gasteiger partial charge in [0.05, 0.1) is 5.92 Å². The second kappa shape index (κ2) is 5.53. The Hall–Kier alpha value is -1.35. The smallest absolute Gasteiger partial charge is 0.231 e. The van der Waals surface area contributed by atoms with Gasteiger partial charge in [-0.25, -0.2) is 0 Å². The summed E-state index contributed by atoms with van der Waals surface area (Å²) in [5, 5.41) is 3.34. The van der Waals surface area contributed by atoms with Gasteiger partial charge in [-0.1, -0.05) is 19.1 Å². The summed E-state index contributed by atoms with van der Waals surface area (Å²) < 4.78 is 0. The third-order valence-corrected chi connectivity index (χ3v) is 3.64. The molecule has 0 saturated carbocycles. The van der Waals surface area contributed by atoms with Crippen LogP contribution in [0.1, 0.15) is 18.9 Å². The number of benzene rings is 1. The predicted molar refractivity (Wildman–Crippen MR) is 74.7 cm³/mol. The highest BCUT2D eigenvalue weighted by atomic mass is 16.2. The molecule has 18 heavy (non-hydrogen) atoms. The maximum Gasteiger partial charge on any atom is 0.231 e. The summed E-state index contributed by atoms with van der Waals surface area (Å²) in [6.07, 6.45) is 0.988. The van der Waals surface area contributed by atoms with E-state index in [-0.39, 0.29) is 11.8 Å². The van der Waals surface area contributed by atoms with Crippen LogP contribution < -0.4 is 10.2 Å². The maximum absolute atomic E-state index is 12.4. The lowest BCUT2D eigenvalue weighted by Crippen LogP contribution is -2.44. The lowest BCUT2D eigenvalue weighted by atomic mass is 9.91. The number of carbonyl (C=O) groups excluding carboxylic acids is 1. The van der Waals surface area contributed by atoms with E-state index in [9.17, 15) is 4.79 Å². The summed E-state index contributed by atoms with van der Waals surface area (Å²) in [6.45, 7) is 6.07. The van der Waals surface area contributed by atoms with Gasteiger partial charge in [0.2, 0.25) is 5.91 Å². The van der Waals surface area contributed by atoms with Crippen LogP contribution in [-0.2, 0) is 4.79 Å². The number of rotatable bonds is 2. The van der Waals surface area contributed by atoms with Crippen LogP contribution in [0.5, 0.6) is 0 Å². The largest absolute Gasteiger partial charge is 0.316 e. The van der Waals surface area contributed by atoms with E-state index in [1.165, 1.54) is 5.56 Å². The second-order valence-electron chi connectivity index (χ2n) is 5.43. The minimum absolute atomic E-state index is 0.110. The number of carbonyl (C=O) groups is 1. The van der Waals surface area contributed by atoms with Crippen LogP contribution in [0.15, 0.2) is 24.3 Å². The molecule has 0 bridgehead atoms. The Labute approximate surface area is 109 Å². The Morgan fingerprint density at radius 3 is 2.83 bits per heavy atom. The van der Waals surface area contributed by atoms with Gasteiger partial charge in [-0.15, -0.1) is 0 Å². The van der Waals surface area contributed by atoms with Crippen LogP contribution in [-0.4, -0.2) is 26.0 Å². The lowest BCUT2D eigenvalue weighted by Gasteiger charge is -2.30. The second-order valence-corrected chi connectivity index (χ2v) is 5.43. The molecule has 0 spiro atoms. The monoisotopic (exact) mass is 246 g/mol. The summed E-state index contributed by atoms with van der Waals surface area (Å²) >= 11 is 0. The first-order chi connectivity index (χ1) is 8.58. The van der Waals surface area contributed by atoms with E-state index in [0.717, 1.165) is 25.2 Å². The fourth-order valence-corrected chi connectivity index (χ4v) is 2.58. The molecule has 1 fully saturated rings. The zero-order chi connectivity index (χ0) is 13.1. The number of amides is 1. The van der Waals surface area contributed by atoms with E-state index >= 15 is 0 Å². The van der Waals surface area contributed by atoms with Crippen molar-refractivity contribution in [1.29, 1.82) is 0 Å². The highest BCUT2D eigenvalue weighted by molar-refractivity contribution is 5.94. The normalized spacial score (nSPS) is 23.7. The summed E-state index contributed by atoms with van der Waals surface area (Å²) in [6, 6.07) is 8.09. The average molecular weight is 246 g/mol. The molecule has 1 heterocycles. The Morgan fingerprint density at radius 2 is 2.17 bits per heavy atom. The molecule has 1 aromatic rings. The molecule has 3 heteroatoms. The van der Waals surface area contributed by atoms with Crippen molar-refractivity contribution in [3.05, 3.63) is 29.8 Å². The fourth-order valence-electron chi connectivity index (χ4n) is 2.58. The summed E-state index contributed by atoms with van der Waals surface area (Å²) in [4.78, 5) is 14.2. The van der Waals surface area contributed by atoms with E-state index < -0.39 is 0 Å². The third-order valence-electron chi connectivity index (χ3n) is 3.64. The van der Waals surface area contributed by atoms with Crippen LogP contribution in [0.2, 0.25) is 0 Å². The van der Waals surface area contributed by atoms with Gasteiger partial charge in [0.15, 0.2) is 0 Å². The number of anilines is 1. The van der Waals surface area contributed by atoms with Gasteiger partial charge in [-0.3, -0.25) is 4.79 Å². The molecule has 1 N–H and O–H groups in total. The number of hydrogen-bond acceptors (Lipinski definition) is 2. The number of piperidine rings is 1. The van der Waals surface area contributed by atoms with Crippen molar-refractivity contribution in [2.75, 3.05) is 25.0 Å². The molecular weight excluding hydrogens is 224 g/mol. The number of aryl methyl sites for hydroxylation is 1. The van der Waals surface area contributed by atoms with Gasteiger partial charge in [-0.05, 0) is 43.5 Å². The third kappa shape index (κ3) is 2.91. The molecule has 0 radical (unpaired) electrons. The van der Waals surface area contributed by atoms with Gasteiger partial charge < -0.3 is 10.2 Å². The molecule has 1 aliphatic heterocycles. The Morgan fingerprint density at radius 1 is 1.39 bits per heavy atom. The van der Waals surface area contributed by atoms with Gasteiger partial charge in [0.25, 0.3) is 0 Å². The van der Waals surface area contributed by atoms with Crippen LogP contribution >= 0.6 is 0 Å². The Bertz CT molecular complexity index is 430. The van der Waals surface area contributed by atoms with Crippen LogP contribution in [0, 0.1) is 18.8 Å². The standard InChI is InChI=1S/C15H22N2O/c1-11-5-4-6-14(8-11)17(3)15(18)13-7-12(2)9-16-10-13/h4-6,8,12-13,16H,7,9-10H2,1-3H3. The molecular formula is C15H22N2O. The van der Waals surface area contributed by atoms with Gasteiger partial charge >= 0.3 is 0 Å². The predicted octanol–water partition coefficient (Wildman–Crippen LogP) is 2.20. The first-order valence-corrected chi connectivity index (χ1v) is 6.63. The zero-order valence-electron chi connectivity index (χ0n) is 11.4. The molecule has 3 nitrogen and oxygen atoms in total. The molecule has 0 aliphatic carbocycles. The quantitative estimate of drug-likeness (QED) is 0.867. The molecule has 2 unspecified atom stereocenters. The highest BCUT2D eigenvalue weighted by Gasteiger charge is 2.27. The minimum atomic E-state index is 0.110. The SMILES string of the molecule is Cc1cccc(N(C)C(=O)C2CNCC(C)C2)c1. The van der Waals surface area contributed by atoms with Crippen molar-refractivity contribution in [2.45, 2.75) is 20.3 Å². The van der Waals surface area contributed by atoms with E-state index in [4.69, 9.17) is 0 Å². The summed E-state index contributed by atoms with van der Waals surface area (Å²) in [5.41, 5.74) is 2.17. The molecule has 98 valence electrons. The highest BCUT2D eigenvalue weighted by Crippen LogP contribution is 2.21.